The van der Waals surface area contributed by atoms with Crippen LogP contribution in [0.5, 0.6) is 0 Å². The molecule has 1 N–H and O–H groups in total. The molecule has 0 radical (unpaired) electrons. The van der Waals surface area contributed by atoms with Crippen molar-refractivity contribution in [2.45, 2.75) is 33.4 Å². The van der Waals surface area contributed by atoms with Crippen LogP contribution in [0, 0.1) is 13.8 Å². The van der Waals surface area contributed by atoms with Gasteiger partial charge in [0.1, 0.15) is 5.01 Å². The number of carbonyl (C=O) groups is 2. The lowest BCUT2D eigenvalue weighted by Gasteiger charge is -2.34. The Morgan fingerprint density at radius 3 is 2.42 bits per heavy atom. The van der Waals surface area contributed by atoms with Crippen LogP contribution in [0.1, 0.15) is 37.1 Å². The van der Waals surface area contributed by atoms with Crippen LogP contribution in [-0.2, 0) is 24.3 Å². The largest absolute Gasteiger partial charge is 0.346 e. The molecule has 0 unspecified atom stereocenters. The molecule has 1 saturated heterocycles. The third-order valence-corrected chi connectivity index (χ3v) is 6.83. The summed E-state index contributed by atoms with van der Waals surface area (Å²) in [4.78, 5) is 29.3. The molecule has 2 aromatic carbocycles. The number of aromatic nitrogens is 2. The van der Waals surface area contributed by atoms with E-state index < -0.39 is 0 Å². The average molecular weight is 464 g/mol. The molecule has 0 bridgehead atoms. The highest BCUT2D eigenvalue weighted by Gasteiger charge is 2.23. The molecule has 1 aliphatic heterocycles. The van der Waals surface area contributed by atoms with Crippen LogP contribution < -0.4 is 5.32 Å². The predicted molar refractivity (Wildman–Crippen MR) is 129 cm³/mol. The topological polar surface area (TPSA) is 78.4 Å². The Hall–Kier alpha value is -3.10. The number of piperazine rings is 1. The van der Waals surface area contributed by atoms with E-state index in [1.54, 1.807) is 0 Å². The summed E-state index contributed by atoms with van der Waals surface area (Å²) in [6.45, 7) is 8.16. The van der Waals surface area contributed by atoms with Gasteiger partial charge in [-0.1, -0.05) is 65.4 Å². The predicted octanol–water partition coefficient (Wildman–Crippen LogP) is 2.97. The third-order valence-electron chi connectivity index (χ3n) is 5.92. The van der Waals surface area contributed by atoms with E-state index in [1.807, 2.05) is 67.3 Å². The van der Waals surface area contributed by atoms with Gasteiger partial charge in [-0.05, 0) is 30.5 Å². The van der Waals surface area contributed by atoms with Gasteiger partial charge >= 0.3 is 0 Å². The maximum Gasteiger partial charge on any atom is 0.282 e. The molecule has 0 aliphatic carbocycles. The summed E-state index contributed by atoms with van der Waals surface area (Å²) in [6, 6.07) is 16.1. The molecule has 8 heteroatoms. The van der Waals surface area contributed by atoms with E-state index in [4.69, 9.17) is 0 Å². The highest BCUT2D eigenvalue weighted by molar-refractivity contribution is 7.13. The number of amides is 2. The first-order valence-electron chi connectivity index (χ1n) is 11.2. The monoisotopic (exact) mass is 463 g/mol. The first-order chi connectivity index (χ1) is 16.0. The standard InChI is InChI=1S/C25H29N5O2S/c1-18-7-9-20(10-8-18)16-26-24(32)25-28-27-22(33-25)17-29-11-13-30(14-12-29)23(31)15-21-6-4-3-5-19(21)2/h3-10H,11-17H2,1-2H3,(H,26,32). The molecule has 172 valence electrons. The highest BCUT2D eigenvalue weighted by Crippen LogP contribution is 2.15. The Bertz CT molecular complexity index is 1100. The molecule has 4 rings (SSSR count). The zero-order chi connectivity index (χ0) is 23.2. The minimum Gasteiger partial charge on any atom is -0.346 e. The van der Waals surface area contributed by atoms with E-state index in [0.717, 1.165) is 34.8 Å². The zero-order valence-electron chi connectivity index (χ0n) is 19.1. The van der Waals surface area contributed by atoms with Gasteiger partial charge in [-0.25, -0.2) is 0 Å². The van der Waals surface area contributed by atoms with E-state index >= 15 is 0 Å². The Kier molecular flexibility index (Phi) is 7.47. The van der Waals surface area contributed by atoms with Gasteiger partial charge in [-0.15, -0.1) is 10.2 Å². The van der Waals surface area contributed by atoms with Crippen molar-refractivity contribution in [3.05, 3.63) is 80.8 Å². The second-order valence-corrected chi connectivity index (χ2v) is 9.49. The van der Waals surface area contributed by atoms with Crippen molar-refractivity contribution in [2.24, 2.45) is 0 Å². The molecule has 7 nitrogen and oxygen atoms in total. The number of aryl methyl sites for hydroxylation is 2. The quantitative estimate of drug-likeness (QED) is 0.583. The zero-order valence-corrected chi connectivity index (χ0v) is 19.9. The van der Waals surface area contributed by atoms with Crippen molar-refractivity contribution < 1.29 is 9.59 Å². The smallest absolute Gasteiger partial charge is 0.282 e. The Morgan fingerprint density at radius 2 is 1.70 bits per heavy atom. The fourth-order valence-electron chi connectivity index (χ4n) is 3.80. The Balaban J connectivity index is 1.23. The molecule has 3 aromatic rings. The molecule has 0 atom stereocenters. The number of carbonyl (C=O) groups excluding carboxylic acids is 2. The second kappa shape index (κ2) is 10.7. The number of hydrogen-bond acceptors (Lipinski definition) is 6. The van der Waals surface area contributed by atoms with E-state index in [-0.39, 0.29) is 11.8 Å². The molecular weight excluding hydrogens is 434 g/mol. The fraction of sp³-hybridized carbons (Fsp3) is 0.360. The Morgan fingerprint density at radius 1 is 0.970 bits per heavy atom. The summed E-state index contributed by atoms with van der Waals surface area (Å²) in [5.74, 6) is -0.0293. The number of benzene rings is 2. The molecule has 1 fully saturated rings. The van der Waals surface area contributed by atoms with Crippen molar-refractivity contribution in [2.75, 3.05) is 26.2 Å². The van der Waals surface area contributed by atoms with Gasteiger partial charge in [-0.3, -0.25) is 14.5 Å². The lowest BCUT2D eigenvalue weighted by Crippen LogP contribution is -2.48. The minimum absolute atomic E-state index is 0.174. The maximum absolute atomic E-state index is 12.7. The average Bonchev–Trinajstić information content (AvgIpc) is 3.29. The molecular formula is C25H29N5O2S. The van der Waals surface area contributed by atoms with E-state index in [2.05, 4.69) is 20.4 Å². The van der Waals surface area contributed by atoms with Crippen molar-refractivity contribution in [1.82, 2.24) is 25.3 Å². The summed E-state index contributed by atoms with van der Waals surface area (Å²) in [5.41, 5.74) is 4.48. The van der Waals surface area contributed by atoms with Gasteiger partial charge in [0.2, 0.25) is 10.9 Å². The SMILES string of the molecule is Cc1ccc(CNC(=O)c2nnc(CN3CCN(C(=O)Cc4ccccc4C)CC3)s2)cc1. The second-order valence-electron chi connectivity index (χ2n) is 8.43. The number of nitrogens with zero attached hydrogens (tertiary/aromatic N) is 4. The fourth-order valence-corrected chi connectivity index (χ4v) is 4.60. The van der Waals surface area contributed by atoms with Gasteiger partial charge in [0.15, 0.2) is 0 Å². The van der Waals surface area contributed by atoms with Crippen LogP contribution in [0.3, 0.4) is 0 Å². The van der Waals surface area contributed by atoms with Gasteiger partial charge in [0, 0.05) is 32.7 Å². The molecule has 33 heavy (non-hydrogen) atoms. The number of rotatable bonds is 7. The van der Waals surface area contributed by atoms with Crippen molar-refractivity contribution >= 4 is 23.2 Å². The highest BCUT2D eigenvalue weighted by atomic mass is 32.1. The first-order valence-corrected chi connectivity index (χ1v) is 12.0. The van der Waals surface area contributed by atoms with Crippen molar-refractivity contribution in [3.8, 4) is 0 Å². The summed E-state index contributed by atoms with van der Waals surface area (Å²) < 4.78 is 0. The van der Waals surface area contributed by atoms with E-state index in [9.17, 15) is 9.59 Å². The van der Waals surface area contributed by atoms with E-state index in [1.165, 1.54) is 16.9 Å². The van der Waals surface area contributed by atoms with Crippen LogP contribution >= 0.6 is 11.3 Å². The first kappa shape index (κ1) is 23.1. The molecule has 2 heterocycles. The van der Waals surface area contributed by atoms with Gasteiger partial charge in [0.25, 0.3) is 5.91 Å². The summed E-state index contributed by atoms with van der Waals surface area (Å²) in [5, 5.41) is 12.4. The van der Waals surface area contributed by atoms with Crippen LogP contribution in [0.4, 0.5) is 0 Å². The number of hydrogen-bond donors (Lipinski definition) is 1. The van der Waals surface area contributed by atoms with Crippen LogP contribution in [0.2, 0.25) is 0 Å². The van der Waals surface area contributed by atoms with Gasteiger partial charge in [-0.2, -0.15) is 0 Å². The van der Waals surface area contributed by atoms with Crippen molar-refractivity contribution in [1.29, 1.82) is 0 Å². The molecule has 2 amide bonds. The molecule has 0 spiro atoms. The molecule has 1 aromatic heterocycles. The third kappa shape index (κ3) is 6.24. The normalized spacial score (nSPS) is 14.3. The van der Waals surface area contributed by atoms with E-state index in [0.29, 0.717) is 37.6 Å². The lowest BCUT2D eigenvalue weighted by atomic mass is 10.1. The van der Waals surface area contributed by atoms with Crippen LogP contribution in [-0.4, -0.2) is 58.0 Å². The minimum atomic E-state index is -0.203. The van der Waals surface area contributed by atoms with Gasteiger partial charge < -0.3 is 10.2 Å². The summed E-state index contributed by atoms with van der Waals surface area (Å²) in [7, 11) is 0. The van der Waals surface area contributed by atoms with Crippen LogP contribution in [0.25, 0.3) is 0 Å². The lowest BCUT2D eigenvalue weighted by molar-refractivity contribution is -0.132. The summed E-state index contributed by atoms with van der Waals surface area (Å²) >= 11 is 1.33. The van der Waals surface area contributed by atoms with Crippen molar-refractivity contribution in [3.63, 3.8) is 0 Å². The van der Waals surface area contributed by atoms with Crippen LogP contribution in [0.15, 0.2) is 48.5 Å². The molecule has 0 saturated carbocycles. The number of nitrogens with one attached hydrogen (secondary N) is 1. The maximum atomic E-state index is 12.7. The van der Waals surface area contributed by atoms with Gasteiger partial charge in [0.05, 0.1) is 13.0 Å². The summed E-state index contributed by atoms with van der Waals surface area (Å²) in [6.07, 6.45) is 0.449. The molecule has 1 aliphatic rings. The Labute approximate surface area is 198 Å².